The molecule has 4 aromatic carbocycles. The van der Waals surface area contributed by atoms with Crippen LogP contribution in [0.15, 0.2) is 84.9 Å². The van der Waals surface area contributed by atoms with Crippen molar-refractivity contribution in [2.24, 2.45) is 0 Å². The third kappa shape index (κ3) is 5.97. The molecule has 0 atom stereocenters. The minimum atomic E-state index is -4.34. The molecule has 0 unspecified atom stereocenters. The van der Waals surface area contributed by atoms with Crippen LogP contribution in [0.25, 0.3) is 10.8 Å². The number of halogens is 4. The first-order valence-corrected chi connectivity index (χ1v) is 12.3. The summed E-state index contributed by atoms with van der Waals surface area (Å²) in [7, 11) is 0. The first-order chi connectivity index (χ1) is 18.3. The molecule has 8 heteroatoms. The van der Waals surface area contributed by atoms with Crippen LogP contribution in [-0.2, 0) is 19.3 Å². The van der Waals surface area contributed by atoms with Gasteiger partial charge in [-0.3, -0.25) is 9.69 Å². The van der Waals surface area contributed by atoms with Crippen molar-refractivity contribution in [3.05, 3.63) is 113 Å². The second-order valence-electron chi connectivity index (χ2n) is 9.37. The van der Waals surface area contributed by atoms with E-state index >= 15 is 0 Å². The van der Waals surface area contributed by atoms with Crippen LogP contribution in [0.2, 0.25) is 0 Å². The van der Waals surface area contributed by atoms with E-state index in [-0.39, 0.29) is 18.3 Å². The van der Waals surface area contributed by atoms with E-state index in [1.54, 1.807) is 35.2 Å². The van der Waals surface area contributed by atoms with Gasteiger partial charge in [0.15, 0.2) is 0 Å². The molecule has 4 nitrogen and oxygen atoms in total. The first kappa shape index (κ1) is 25.7. The van der Waals surface area contributed by atoms with Gasteiger partial charge < -0.3 is 9.64 Å². The zero-order chi connectivity index (χ0) is 26.7. The quantitative estimate of drug-likeness (QED) is 0.270. The molecule has 4 aromatic rings. The largest absolute Gasteiger partial charge is 0.489 e. The second kappa shape index (κ2) is 10.8. The number of carbonyl (C=O) groups is 1. The van der Waals surface area contributed by atoms with Crippen LogP contribution < -0.4 is 4.74 Å². The Morgan fingerprint density at radius 2 is 1.50 bits per heavy atom. The van der Waals surface area contributed by atoms with E-state index in [9.17, 15) is 22.4 Å². The average molecular weight is 523 g/mol. The van der Waals surface area contributed by atoms with E-state index in [0.717, 1.165) is 28.5 Å². The number of carbonyl (C=O) groups excluding carboxylic acids is 1. The van der Waals surface area contributed by atoms with Gasteiger partial charge in [0.2, 0.25) is 0 Å². The predicted molar refractivity (Wildman–Crippen MR) is 137 cm³/mol. The van der Waals surface area contributed by atoms with E-state index in [4.69, 9.17) is 4.74 Å². The highest BCUT2D eigenvalue weighted by Crippen LogP contribution is 2.29. The molecule has 0 saturated carbocycles. The number of alkyl halides is 3. The van der Waals surface area contributed by atoms with Crippen LogP contribution >= 0.6 is 0 Å². The van der Waals surface area contributed by atoms with Gasteiger partial charge in [0.05, 0.1) is 5.56 Å². The Kier molecular flexibility index (Phi) is 7.33. The topological polar surface area (TPSA) is 32.8 Å². The highest BCUT2D eigenvalue weighted by molar-refractivity contribution is 5.98. The number of piperazine rings is 1. The van der Waals surface area contributed by atoms with Crippen molar-refractivity contribution >= 4 is 16.7 Å². The Morgan fingerprint density at radius 1 is 0.816 bits per heavy atom. The van der Waals surface area contributed by atoms with Crippen molar-refractivity contribution in [2.75, 3.05) is 26.2 Å². The molecule has 5 rings (SSSR count). The molecule has 0 bridgehead atoms. The van der Waals surface area contributed by atoms with Crippen LogP contribution in [0.3, 0.4) is 0 Å². The molecule has 0 aromatic heterocycles. The van der Waals surface area contributed by atoms with Gasteiger partial charge >= 0.3 is 6.18 Å². The van der Waals surface area contributed by atoms with Crippen molar-refractivity contribution in [1.82, 2.24) is 9.80 Å². The summed E-state index contributed by atoms with van der Waals surface area (Å²) in [5, 5.41) is 1.81. The van der Waals surface area contributed by atoms with Crippen LogP contribution in [-0.4, -0.2) is 41.9 Å². The predicted octanol–water partition coefficient (Wildman–Crippen LogP) is 6.53. The molecule has 1 heterocycles. The molecule has 38 heavy (non-hydrogen) atoms. The van der Waals surface area contributed by atoms with Crippen LogP contribution in [0.5, 0.6) is 5.75 Å². The lowest BCUT2D eigenvalue weighted by Crippen LogP contribution is -2.48. The maximum Gasteiger partial charge on any atom is 0.416 e. The van der Waals surface area contributed by atoms with Crippen molar-refractivity contribution < 1.29 is 27.1 Å². The Bertz CT molecular complexity index is 1430. The Morgan fingerprint density at radius 3 is 2.21 bits per heavy atom. The minimum absolute atomic E-state index is 0.0547. The van der Waals surface area contributed by atoms with Crippen molar-refractivity contribution in [2.45, 2.75) is 19.3 Å². The van der Waals surface area contributed by atoms with Gasteiger partial charge in [-0.1, -0.05) is 42.5 Å². The summed E-state index contributed by atoms with van der Waals surface area (Å²) < 4.78 is 57.9. The molecule has 1 amide bonds. The van der Waals surface area contributed by atoms with E-state index in [2.05, 4.69) is 4.90 Å². The molecule has 1 fully saturated rings. The third-order valence-corrected chi connectivity index (χ3v) is 6.76. The number of nitrogens with zero attached hydrogens (tertiary/aromatic N) is 2. The van der Waals surface area contributed by atoms with E-state index in [1.165, 1.54) is 18.2 Å². The normalized spacial score (nSPS) is 14.6. The number of hydrogen-bond donors (Lipinski definition) is 0. The van der Waals surface area contributed by atoms with Gasteiger partial charge in [-0.05, 0) is 58.8 Å². The standard InChI is InChI=1S/C30H26F4N2O2/c31-28-4-2-1-3-25(28)20-38-27-12-9-22-17-24(8-7-23(22)18-27)29(37)36-15-13-35(14-16-36)19-21-5-10-26(11-6-21)30(32,33)34/h1-12,17-18H,13-16,19-20H2. The molecule has 1 saturated heterocycles. The molecule has 0 radical (unpaired) electrons. The van der Waals surface area contributed by atoms with E-state index in [1.807, 2.05) is 24.3 Å². The van der Waals surface area contributed by atoms with Crippen LogP contribution in [0.1, 0.15) is 27.0 Å². The van der Waals surface area contributed by atoms with Gasteiger partial charge in [-0.15, -0.1) is 0 Å². The fourth-order valence-electron chi connectivity index (χ4n) is 4.57. The highest BCUT2D eigenvalue weighted by atomic mass is 19.4. The number of ether oxygens (including phenoxy) is 1. The lowest BCUT2D eigenvalue weighted by Gasteiger charge is -2.35. The summed E-state index contributed by atoms with van der Waals surface area (Å²) in [5.74, 6) is 0.252. The number of hydrogen-bond acceptors (Lipinski definition) is 3. The smallest absolute Gasteiger partial charge is 0.416 e. The molecule has 0 aliphatic carbocycles. The summed E-state index contributed by atoms with van der Waals surface area (Å²) >= 11 is 0. The van der Waals surface area contributed by atoms with Crippen LogP contribution in [0, 0.1) is 5.82 Å². The Labute approximate surface area is 218 Å². The minimum Gasteiger partial charge on any atom is -0.489 e. The molecular weight excluding hydrogens is 496 g/mol. The van der Waals surface area contributed by atoms with Gasteiger partial charge in [-0.25, -0.2) is 4.39 Å². The lowest BCUT2D eigenvalue weighted by molar-refractivity contribution is -0.137. The summed E-state index contributed by atoms with van der Waals surface area (Å²) in [6.45, 7) is 3.03. The van der Waals surface area contributed by atoms with Gasteiger partial charge in [0.25, 0.3) is 5.91 Å². The fraction of sp³-hybridized carbons (Fsp3) is 0.233. The third-order valence-electron chi connectivity index (χ3n) is 6.76. The summed E-state index contributed by atoms with van der Waals surface area (Å²) in [4.78, 5) is 17.1. The van der Waals surface area contributed by atoms with Crippen molar-refractivity contribution in [1.29, 1.82) is 0 Å². The maximum atomic E-state index is 13.8. The van der Waals surface area contributed by atoms with Gasteiger partial charge in [-0.2, -0.15) is 13.2 Å². The second-order valence-corrected chi connectivity index (χ2v) is 9.37. The molecule has 0 N–H and O–H groups in total. The van der Waals surface area contributed by atoms with Gasteiger partial charge in [0, 0.05) is 43.9 Å². The highest BCUT2D eigenvalue weighted by Gasteiger charge is 2.30. The van der Waals surface area contributed by atoms with Crippen LogP contribution in [0.4, 0.5) is 17.6 Å². The summed E-state index contributed by atoms with van der Waals surface area (Å²) in [5.41, 5.74) is 1.23. The number of amides is 1. The molecule has 1 aliphatic rings. The molecule has 196 valence electrons. The maximum absolute atomic E-state index is 13.8. The zero-order valence-corrected chi connectivity index (χ0v) is 20.5. The first-order valence-electron chi connectivity index (χ1n) is 12.3. The Balaban J connectivity index is 1.17. The van der Waals surface area contributed by atoms with Crippen molar-refractivity contribution in [3.63, 3.8) is 0 Å². The van der Waals surface area contributed by atoms with E-state index in [0.29, 0.717) is 49.6 Å². The molecular formula is C30H26F4N2O2. The number of benzene rings is 4. The fourth-order valence-corrected chi connectivity index (χ4v) is 4.57. The van der Waals surface area contributed by atoms with Crippen molar-refractivity contribution in [3.8, 4) is 5.75 Å². The number of fused-ring (bicyclic) bond motifs is 1. The molecule has 1 aliphatic heterocycles. The van der Waals surface area contributed by atoms with E-state index < -0.39 is 11.7 Å². The van der Waals surface area contributed by atoms with Gasteiger partial charge in [0.1, 0.15) is 18.2 Å². The zero-order valence-electron chi connectivity index (χ0n) is 20.5. The lowest BCUT2D eigenvalue weighted by atomic mass is 10.1. The monoisotopic (exact) mass is 522 g/mol. The number of rotatable bonds is 6. The Hall–Kier alpha value is -3.91. The summed E-state index contributed by atoms with van der Waals surface area (Å²) in [6.07, 6.45) is -4.34. The molecule has 0 spiro atoms. The summed E-state index contributed by atoms with van der Waals surface area (Å²) in [6, 6.07) is 22.8. The average Bonchev–Trinajstić information content (AvgIpc) is 2.92. The SMILES string of the molecule is O=C(c1ccc2cc(OCc3ccccc3F)ccc2c1)N1CCN(Cc2ccc(C(F)(F)F)cc2)CC1.